The second kappa shape index (κ2) is 9.25. The lowest BCUT2D eigenvalue weighted by Gasteiger charge is -2.14. The number of rotatable bonds is 8. The molecule has 0 atom stereocenters. The van der Waals surface area contributed by atoms with E-state index in [2.05, 4.69) is 22.3 Å². The number of carbonyl (C=O) groups is 1. The van der Waals surface area contributed by atoms with Gasteiger partial charge in [0.05, 0.1) is 13.2 Å². The number of amides is 1. The Balaban J connectivity index is 1.99. The van der Waals surface area contributed by atoms with Gasteiger partial charge in [0.15, 0.2) is 11.5 Å². The quantitative estimate of drug-likeness (QED) is 0.787. The van der Waals surface area contributed by atoms with Crippen molar-refractivity contribution in [2.24, 2.45) is 0 Å². The Labute approximate surface area is 155 Å². The molecule has 26 heavy (non-hydrogen) atoms. The monoisotopic (exact) mass is 356 g/mol. The van der Waals surface area contributed by atoms with Gasteiger partial charge in [-0.15, -0.1) is 0 Å². The molecule has 0 spiro atoms. The van der Waals surface area contributed by atoms with E-state index in [4.69, 9.17) is 9.47 Å². The van der Waals surface area contributed by atoms with Crippen LogP contribution in [-0.2, 0) is 13.1 Å². The molecule has 0 fully saturated rings. The maximum atomic E-state index is 12.4. The predicted octanol–water partition coefficient (Wildman–Crippen LogP) is 3.47. The topological polar surface area (TPSA) is 50.8 Å². The molecule has 0 aliphatic rings. The SMILES string of the molecule is COc1cc(C(=O)NCc2ccc(CN(C)C)cc2)ccc1OC(C)C. The third-order valence-electron chi connectivity index (χ3n) is 3.76. The van der Waals surface area contributed by atoms with Gasteiger partial charge in [0, 0.05) is 18.7 Å². The van der Waals surface area contributed by atoms with Gasteiger partial charge in [-0.2, -0.15) is 0 Å². The number of ether oxygens (including phenoxy) is 2. The molecule has 140 valence electrons. The summed E-state index contributed by atoms with van der Waals surface area (Å²) in [4.78, 5) is 14.5. The summed E-state index contributed by atoms with van der Waals surface area (Å²) >= 11 is 0. The number of hydrogen-bond donors (Lipinski definition) is 1. The van der Waals surface area contributed by atoms with E-state index in [0.29, 0.717) is 23.6 Å². The second-order valence-corrected chi connectivity index (χ2v) is 6.77. The number of hydrogen-bond acceptors (Lipinski definition) is 4. The minimum absolute atomic E-state index is 0.0408. The van der Waals surface area contributed by atoms with E-state index in [1.165, 1.54) is 5.56 Å². The van der Waals surface area contributed by atoms with Gasteiger partial charge in [-0.3, -0.25) is 4.79 Å². The Morgan fingerprint density at radius 2 is 1.69 bits per heavy atom. The first-order valence-electron chi connectivity index (χ1n) is 8.74. The van der Waals surface area contributed by atoms with E-state index in [-0.39, 0.29) is 12.0 Å². The second-order valence-electron chi connectivity index (χ2n) is 6.77. The number of carbonyl (C=O) groups excluding carboxylic acids is 1. The fraction of sp³-hybridized carbons (Fsp3) is 0.381. The fourth-order valence-electron chi connectivity index (χ4n) is 2.57. The van der Waals surface area contributed by atoms with E-state index < -0.39 is 0 Å². The van der Waals surface area contributed by atoms with Crippen molar-refractivity contribution >= 4 is 5.91 Å². The van der Waals surface area contributed by atoms with Crippen LogP contribution >= 0.6 is 0 Å². The van der Waals surface area contributed by atoms with Crippen molar-refractivity contribution in [1.29, 1.82) is 0 Å². The smallest absolute Gasteiger partial charge is 0.251 e. The highest BCUT2D eigenvalue weighted by molar-refractivity contribution is 5.94. The summed E-state index contributed by atoms with van der Waals surface area (Å²) in [6, 6.07) is 13.5. The molecule has 0 saturated carbocycles. The van der Waals surface area contributed by atoms with Crippen LogP contribution in [0.5, 0.6) is 11.5 Å². The Morgan fingerprint density at radius 3 is 2.27 bits per heavy atom. The van der Waals surface area contributed by atoms with Gasteiger partial charge in [-0.1, -0.05) is 24.3 Å². The molecule has 5 heteroatoms. The van der Waals surface area contributed by atoms with Crippen LogP contribution in [0.1, 0.15) is 35.3 Å². The molecule has 0 radical (unpaired) electrons. The first-order valence-corrected chi connectivity index (χ1v) is 8.74. The molecule has 2 aromatic rings. The van der Waals surface area contributed by atoms with Gasteiger partial charge in [-0.05, 0) is 57.3 Å². The largest absolute Gasteiger partial charge is 0.493 e. The van der Waals surface area contributed by atoms with Gasteiger partial charge < -0.3 is 19.7 Å². The summed E-state index contributed by atoms with van der Waals surface area (Å²) in [7, 11) is 5.65. The van der Waals surface area contributed by atoms with Gasteiger partial charge in [0.2, 0.25) is 0 Å². The van der Waals surface area contributed by atoms with Gasteiger partial charge in [0.1, 0.15) is 0 Å². The van der Waals surface area contributed by atoms with Gasteiger partial charge >= 0.3 is 0 Å². The Morgan fingerprint density at radius 1 is 1.04 bits per heavy atom. The highest BCUT2D eigenvalue weighted by atomic mass is 16.5. The van der Waals surface area contributed by atoms with Crippen LogP contribution in [0, 0.1) is 0 Å². The zero-order valence-corrected chi connectivity index (χ0v) is 16.2. The Kier molecular flexibility index (Phi) is 7.04. The summed E-state index contributed by atoms with van der Waals surface area (Å²) in [5, 5.41) is 2.94. The first kappa shape index (κ1) is 19.8. The van der Waals surface area contributed by atoms with Crippen molar-refractivity contribution in [3.05, 3.63) is 59.2 Å². The maximum Gasteiger partial charge on any atom is 0.251 e. The van der Waals surface area contributed by atoms with Crippen molar-refractivity contribution in [3.63, 3.8) is 0 Å². The number of nitrogens with zero attached hydrogens (tertiary/aromatic N) is 1. The van der Waals surface area contributed by atoms with Crippen LogP contribution in [0.15, 0.2) is 42.5 Å². The molecule has 1 amide bonds. The average Bonchev–Trinajstić information content (AvgIpc) is 2.60. The normalized spacial score (nSPS) is 10.9. The molecule has 0 aromatic heterocycles. The lowest BCUT2D eigenvalue weighted by molar-refractivity contribution is 0.0950. The van der Waals surface area contributed by atoms with Gasteiger partial charge in [-0.25, -0.2) is 0 Å². The predicted molar refractivity (Wildman–Crippen MR) is 104 cm³/mol. The van der Waals surface area contributed by atoms with Crippen molar-refractivity contribution in [3.8, 4) is 11.5 Å². The highest BCUT2D eigenvalue weighted by Crippen LogP contribution is 2.29. The molecule has 0 aliphatic carbocycles. The van der Waals surface area contributed by atoms with Crippen molar-refractivity contribution in [2.75, 3.05) is 21.2 Å². The van der Waals surface area contributed by atoms with E-state index in [1.54, 1.807) is 25.3 Å². The zero-order chi connectivity index (χ0) is 19.1. The highest BCUT2D eigenvalue weighted by Gasteiger charge is 2.12. The molecule has 1 N–H and O–H groups in total. The van der Waals surface area contributed by atoms with Gasteiger partial charge in [0.25, 0.3) is 5.91 Å². The van der Waals surface area contributed by atoms with E-state index in [0.717, 1.165) is 12.1 Å². The summed E-state index contributed by atoms with van der Waals surface area (Å²) < 4.78 is 11.0. The average molecular weight is 356 g/mol. The summed E-state index contributed by atoms with van der Waals surface area (Å²) in [6.07, 6.45) is 0.0408. The van der Waals surface area contributed by atoms with E-state index in [9.17, 15) is 4.79 Å². The zero-order valence-electron chi connectivity index (χ0n) is 16.2. The molecule has 5 nitrogen and oxygen atoms in total. The van der Waals surface area contributed by atoms with Crippen LogP contribution in [0.2, 0.25) is 0 Å². The van der Waals surface area contributed by atoms with Crippen LogP contribution in [0.4, 0.5) is 0 Å². The Hall–Kier alpha value is -2.53. The van der Waals surface area contributed by atoms with Crippen molar-refractivity contribution in [1.82, 2.24) is 10.2 Å². The van der Waals surface area contributed by atoms with E-state index >= 15 is 0 Å². The van der Waals surface area contributed by atoms with Crippen LogP contribution in [-0.4, -0.2) is 38.1 Å². The Bertz CT molecular complexity index is 725. The van der Waals surface area contributed by atoms with Crippen LogP contribution < -0.4 is 14.8 Å². The molecule has 0 aliphatic heterocycles. The number of benzene rings is 2. The lowest BCUT2D eigenvalue weighted by atomic mass is 10.1. The third-order valence-corrected chi connectivity index (χ3v) is 3.76. The molecular formula is C21H28N2O3. The summed E-state index contributed by atoms with van der Waals surface area (Å²) in [5.74, 6) is 1.05. The molecule has 2 rings (SSSR count). The minimum Gasteiger partial charge on any atom is -0.493 e. The lowest BCUT2D eigenvalue weighted by Crippen LogP contribution is -2.23. The first-order chi connectivity index (χ1) is 12.4. The summed E-state index contributed by atoms with van der Waals surface area (Å²) in [6.45, 7) is 5.28. The van der Waals surface area contributed by atoms with Crippen LogP contribution in [0.3, 0.4) is 0 Å². The minimum atomic E-state index is -0.142. The third kappa shape index (κ3) is 5.77. The van der Waals surface area contributed by atoms with Crippen molar-refractivity contribution in [2.45, 2.75) is 33.0 Å². The standard InChI is InChI=1S/C21H28N2O3/c1-15(2)26-19-11-10-18(12-20(19)25-5)21(24)22-13-16-6-8-17(9-7-16)14-23(3)4/h6-12,15H,13-14H2,1-5H3,(H,22,24). The molecule has 0 saturated heterocycles. The van der Waals surface area contributed by atoms with Crippen molar-refractivity contribution < 1.29 is 14.3 Å². The summed E-state index contributed by atoms with van der Waals surface area (Å²) in [5.41, 5.74) is 2.85. The fourth-order valence-corrected chi connectivity index (χ4v) is 2.57. The van der Waals surface area contributed by atoms with E-state index in [1.807, 2.05) is 40.1 Å². The molecule has 2 aromatic carbocycles. The molecule has 0 heterocycles. The molecule has 0 unspecified atom stereocenters. The number of nitrogens with one attached hydrogen (secondary N) is 1. The van der Waals surface area contributed by atoms with Crippen LogP contribution in [0.25, 0.3) is 0 Å². The maximum absolute atomic E-state index is 12.4. The number of methoxy groups -OCH3 is 1. The molecule has 0 bridgehead atoms. The molecular weight excluding hydrogens is 328 g/mol.